The third kappa shape index (κ3) is 6.03. The van der Waals surface area contributed by atoms with Crippen LogP contribution in [0.2, 0.25) is 0 Å². The number of aliphatic hydroxyl groups excluding tert-OH is 1. The second kappa shape index (κ2) is 10.4. The molecule has 0 aliphatic carbocycles. The molecule has 0 radical (unpaired) electrons. The van der Waals surface area contributed by atoms with Gasteiger partial charge in [0, 0.05) is 23.5 Å². The highest BCUT2D eigenvalue weighted by Gasteiger charge is 2.12. The molecule has 0 spiro atoms. The number of rotatable bonds is 10. The van der Waals surface area contributed by atoms with Crippen molar-refractivity contribution in [2.45, 2.75) is 32.4 Å². The first-order valence-corrected chi connectivity index (χ1v) is 9.34. The predicted octanol–water partition coefficient (Wildman–Crippen LogP) is 3.94. The highest BCUT2D eigenvalue weighted by molar-refractivity contribution is 9.10. The number of halogens is 1. The molecule has 2 aromatic rings. The van der Waals surface area contributed by atoms with Crippen LogP contribution in [0.3, 0.4) is 0 Å². The standard InChI is InChI=1S/C20H26BrNO3/c1-3-17(14-23)22-13-16-11-19(24-2)20(12-18(16)21)25-10-9-15-7-5-4-6-8-15/h4-8,11-12,17,22-23H,3,9-10,13-14H2,1-2H3. The molecule has 0 heterocycles. The summed E-state index contributed by atoms with van der Waals surface area (Å²) in [4.78, 5) is 0. The van der Waals surface area contributed by atoms with Crippen molar-refractivity contribution in [1.29, 1.82) is 0 Å². The largest absolute Gasteiger partial charge is 0.493 e. The van der Waals surface area contributed by atoms with Crippen molar-refractivity contribution in [3.8, 4) is 11.5 Å². The lowest BCUT2D eigenvalue weighted by Gasteiger charge is -2.17. The Balaban J connectivity index is 2.00. The Morgan fingerprint density at radius 2 is 1.92 bits per heavy atom. The molecule has 5 heteroatoms. The van der Waals surface area contributed by atoms with Gasteiger partial charge >= 0.3 is 0 Å². The summed E-state index contributed by atoms with van der Waals surface area (Å²) in [5.74, 6) is 1.44. The van der Waals surface area contributed by atoms with Gasteiger partial charge in [0.1, 0.15) is 0 Å². The lowest BCUT2D eigenvalue weighted by atomic mass is 10.1. The van der Waals surface area contributed by atoms with E-state index in [4.69, 9.17) is 9.47 Å². The monoisotopic (exact) mass is 407 g/mol. The van der Waals surface area contributed by atoms with E-state index in [1.54, 1.807) is 7.11 Å². The SMILES string of the molecule is CCC(CO)NCc1cc(OC)c(OCCc2ccccc2)cc1Br. The molecule has 136 valence electrons. The summed E-state index contributed by atoms with van der Waals surface area (Å²) >= 11 is 3.60. The third-order valence-corrected chi connectivity index (χ3v) is 4.86. The molecule has 0 fully saturated rings. The molecule has 25 heavy (non-hydrogen) atoms. The molecule has 0 bridgehead atoms. The van der Waals surface area contributed by atoms with Gasteiger partial charge < -0.3 is 19.9 Å². The summed E-state index contributed by atoms with van der Waals surface area (Å²) in [6, 6.07) is 14.3. The van der Waals surface area contributed by atoms with Crippen LogP contribution in [0.4, 0.5) is 0 Å². The van der Waals surface area contributed by atoms with Crippen LogP contribution in [0, 0.1) is 0 Å². The second-order valence-electron chi connectivity index (χ2n) is 5.85. The van der Waals surface area contributed by atoms with Crippen LogP contribution in [0.25, 0.3) is 0 Å². The number of hydrogen-bond acceptors (Lipinski definition) is 4. The summed E-state index contributed by atoms with van der Waals surface area (Å²) in [5.41, 5.74) is 2.31. The highest BCUT2D eigenvalue weighted by Crippen LogP contribution is 2.33. The maximum Gasteiger partial charge on any atom is 0.162 e. The van der Waals surface area contributed by atoms with Crippen LogP contribution in [-0.4, -0.2) is 31.5 Å². The third-order valence-electron chi connectivity index (χ3n) is 4.12. The number of hydrogen-bond donors (Lipinski definition) is 2. The molecule has 2 aromatic carbocycles. The van der Waals surface area contributed by atoms with Crippen LogP contribution in [0.15, 0.2) is 46.9 Å². The van der Waals surface area contributed by atoms with Crippen molar-refractivity contribution >= 4 is 15.9 Å². The van der Waals surface area contributed by atoms with Gasteiger partial charge in [-0.3, -0.25) is 0 Å². The van der Waals surface area contributed by atoms with E-state index in [1.807, 2.05) is 37.3 Å². The topological polar surface area (TPSA) is 50.7 Å². The Labute approximate surface area is 158 Å². The van der Waals surface area contributed by atoms with E-state index in [-0.39, 0.29) is 12.6 Å². The van der Waals surface area contributed by atoms with Crippen LogP contribution in [0.5, 0.6) is 11.5 Å². The van der Waals surface area contributed by atoms with Gasteiger partial charge in [0.15, 0.2) is 11.5 Å². The van der Waals surface area contributed by atoms with Gasteiger partial charge in [-0.05, 0) is 29.7 Å². The molecular weight excluding hydrogens is 382 g/mol. The maximum absolute atomic E-state index is 9.29. The van der Waals surface area contributed by atoms with Crippen LogP contribution in [-0.2, 0) is 13.0 Å². The van der Waals surface area contributed by atoms with Gasteiger partial charge in [-0.25, -0.2) is 0 Å². The van der Waals surface area contributed by atoms with Crippen LogP contribution < -0.4 is 14.8 Å². The lowest BCUT2D eigenvalue weighted by molar-refractivity contribution is 0.238. The Hall–Kier alpha value is -1.56. The summed E-state index contributed by atoms with van der Waals surface area (Å²) in [6.45, 7) is 3.42. The van der Waals surface area contributed by atoms with E-state index in [0.29, 0.717) is 18.9 Å². The normalized spacial score (nSPS) is 12.0. The number of benzene rings is 2. The van der Waals surface area contributed by atoms with Crippen LogP contribution in [0.1, 0.15) is 24.5 Å². The van der Waals surface area contributed by atoms with Gasteiger partial charge in [-0.15, -0.1) is 0 Å². The van der Waals surface area contributed by atoms with E-state index in [0.717, 1.165) is 28.6 Å². The zero-order valence-electron chi connectivity index (χ0n) is 14.8. The average molecular weight is 408 g/mol. The molecule has 0 saturated carbocycles. The lowest BCUT2D eigenvalue weighted by Crippen LogP contribution is -2.31. The fourth-order valence-electron chi connectivity index (χ4n) is 2.50. The first-order valence-electron chi connectivity index (χ1n) is 8.55. The highest BCUT2D eigenvalue weighted by atomic mass is 79.9. The minimum Gasteiger partial charge on any atom is -0.493 e. The number of methoxy groups -OCH3 is 1. The molecule has 2 rings (SSSR count). The van der Waals surface area contributed by atoms with Crippen molar-refractivity contribution in [3.63, 3.8) is 0 Å². The van der Waals surface area contributed by atoms with Crippen molar-refractivity contribution in [2.24, 2.45) is 0 Å². The zero-order valence-corrected chi connectivity index (χ0v) is 16.4. The smallest absolute Gasteiger partial charge is 0.162 e. The number of ether oxygens (including phenoxy) is 2. The van der Waals surface area contributed by atoms with Crippen LogP contribution >= 0.6 is 15.9 Å². The first kappa shape index (κ1) is 19.8. The molecule has 0 saturated heterocycles. The maximum atomic E-state index is 9.29. The summed E-state index contributed by atoms with van der Waals surface area (Å²) in [7, 11) is 1.65. The van der Waals surface area contributed by atoms with Gasteiger partial charge in [-0.1, -0.05) is 53.2 Å². The van der Waals surface area contributed by atoms with E-state index in [9.17, 15) is 5.11 Å². The molecule has 2 N–H and O–H groups in total. The van der Waals surface area contributed by atoms with Crippen molar-refractivity contribution < 1.29 is 14.6 Å². The van der Waals surface area contributed by atoms with Crippen molar-refractivity contribution in [2.75, 3.05) is 20.3 Å². The zero-order chi connectivity index (χ0) is 18.1. The molecule has 0 aliphatic heterocycles. The second-order valence-corrected chi connectivity index (χ2v) is 6.70. The quantitative estimate of drug-likeness (QED) is 0.626. The molecule has 4 nitrogen and oxygen atoms in total. The molecule has 1 unspecified atom stereocenters. The molecule has 0 amide bonds. The number of aliphatic hydroxyl groups is 1. The minimum atomic E-state index is 0.0969. The van der Waals surface area contributed by atoms with Crippen molar-refractivity contribution in [1.82, 2.24) is 5.32 Å². The Morgan fingerprint density at radius 3 is 2.56 bits per heavy atom. The summed E-state index contributed by atoms with van der Waals surface area (Å²) in [5, 5.41) is 12.6. The average Bonchev–Trinajstić information content (AvgIpc) is 2.64. The summed E-state index contributed by atoms with van der Waals surface area (Å²) in [6.07, 6.45) is 1.73. The molecular formula is C20H26BrNO3. The predicted molar refractivity (Wildman–Crippen MR) is 104 cm³/mol. The Morgan fingerprint density at radius 1 is 1.16 bits per heavy atom. The van der Waals surface area contributed by atoms with E-state index in [1.165, 1.54) is 5.56 Å². The Kier molecular flexibility index (Phi) is 8.25. The molecule has 0 aliphatic rings. The van der Waals surface area contributed by atoms with E-state index >= 15 is 0 Å². The minimum absolute atomic E-state index is 0.0969. The molecule has 1 atom stereocenters. The van der Waals surface area contributed by atoms with E-state index in [2.05, 4.69) is 33.4 Å². The van der Waals surface area contributed by atoms with E-state index < -0.39 is 0 Å². The molecule has 0 aromatic heterocycles. The van der Waals surface area contributed by atoms with Gasteiger partial charge in [0.05, 0.1) is 20.3 Å². The fraction of sp³-hybridized carbons (Fsp3) is 0.400. The first-order chi connectivity index (χ1) is 12.2. The van der Waals surface area contributed by atoms with Crippen molar-refractivity contribution in [3.05, 3.63) is 58.1 Å². The van der Waals surface area contributed by atoms with Gasteiger partial charge in [-0.2, -0.15) is 0 Å². The van der Waals surface area contributed by atoms with Gasteiger partial charge in [0.25, 0.3) is 0 Å². The van der Waals surface area contributed by atoms with Gasteiger partial charge in [0.2, 0.25) is 0 Å². The summed E-state index contributed by atoms with van der Waals surface area (Å²) < 4.78 is 12.4. The Bertz CT molecular complexity index is 645. The fourth-order valence-corrected chi connectivity index (χ4v) is 2.96. The number of nitrogens with one attached hydrogen (secondary N) is 1.